The molecule has 0 bridgehead atoms. The van der Waals surface area contributed by atoms with Gasteiger partial charge in [-0.3, -0.25) is 4.79 Å². The molecular weight excluding hydrogens is 272 g/mol. The lowest BCUT2D eigenvalue weighted by molar-refractivity contribution is 0.0658. The van der Waals surface area contributed by atoms with E-state index in [-0.39, 0.29) is 18.2 Å². The number of hydrogen-bond acceptors (Lipinski definition) is 4. The highest BCUT2D eigenvalue weighted by molar-refractivity contribution is 5.96. The number of carboxylic acids is 1. The zero-order chi connectivity index (χ0) is 15.2. The van der Waals surface area contributed by atoms with E-state index in [9.17, 15) is 9.59 Å². The Morgan fingerprint density at radius 2 is 1.86 bits per heavy atom. The molecule has 0 fully saturated rings. The van der Waals surface area contributed by atoms with E-state index in [4.69, 9.17) is 14.3 Å². The molecule has 0 aliphatic carbocycles. The van der Waals surface area contributed by atoms with E-state index < -0.39 is 5.97 Å². The van der Waals surface area contributed by atoms with Gasteiger partial charge in [-0.05, 0) is 42.8 Å². The van der Waals surface area contributed by atoms with Gasteiger partial charge in [-0.25, -0.2) is 4.79 Å². The summed E-state index contributed by atoms with van der Waals surface area (Å²) >= 11 is 0. The number of carboxylic acid groups (broad SMARTS) is 1. The van der Waals surface area contributed by atoms with Gasteiger partial charge in [0, 0.05) is 12.0 Å². The van der Waals surface area contributed by atoms with Crippen molar-refractivity contribution in [3.63, 3.8) is 0 Å². The van der Waals surface area contributed by atoms with Crippen molar-refractivity contribution in [2.75, 3.05) is 0 Å². The number of ether oxygens (including phenoxy) is 1. The molecule has 0 saturated carbocycles. The number of furan rings is 1. The van der Waals surface area contributed by atoms with E-state index in [2.05, 4.69) is 0 Å². The topological polar surface area (TPSA) is 76.7 Å². The fourth-order valence-corrected chi connectivity index (χ4v) is 1.83. The number of aromatic carboxylic acids is 1. The van der Waals surface area contributed by atoms with Gasteiger partial charge in [-0.1, -0.05) is 6.92 Å². The van der Waals surface area contributed by atoms with Crippen molar-refractivity contribution in [1.29, 1.82) is 0 Å². The third kappa shape index (κ3) is 3.95. The Morgan fingerprint density at radius 3 is 2.43 bits per heavy atom. The minimum absolute atomic E-state index is 0.112. The molecule has 0 unspecified atom stereocenters. The highest BCUT2D eigenvalue weighted by Crippen LogP contribution is 2.16. The molecule has 0 aliphatic rings. The van der Waals surface area contributed by atoms with Gasteiger partial charge in [-0.2, -0.15) is 0 Å². The first-order valence-corrected chi connectivity index (χ1v) is 6.68. The fourth-order valence-electron chi connectivity index (χ4n) is 1.83. The molecular formula is C16H16O5. The Labute approximate surface area is 122 Å². The highest BCUT2D eigenvalue weighted by atomic mass is 16.5. The summed E-state index contributed by atoms with van der Waals surface area (Å²) < 4.78 is 10.6. The maximum Gasteiger partial charge on any atom is 0.371 e. The van der Waals surface area contributed by atoms with Crippen LogP contribution in [0.1, 0.15) is 46.4 Å². The van der Waals surface area contributed by atoms with Gasteiger partial charge in [0.2, 0.25) is 5.76 Å². The summed E-state index contributed by atoms with van der Waals surface area (Å²) in [5.74, 6) is -0.0924. The second-order valence-electron chi connectivity index (χ2n) is 4.56. The van der Waals surface area contributed by atoms with Crippen LogP contribution in [0.4, 0.5) is 0 Å². The van der Waals surface area contributed by atoms with Crippen LogP contribution in [-0.2, 0) is 6.61 Å². The number of carbonyl (C=O) groups excluding carboxylic acids is 1. The lowest BCUT2D eigenvalue weighted by atomic mass is 10.1. The third-order valence-electron chi connectivity index (χ3n) is 2.91. The van der Waals surface area contributed by atoms with E-state index in [1.165, 1.54) is 6.07 Å². The zero-order valence-electron chi connectivity index (χ0n) is 11.7. The standard InChI is InChI=1S/C16H16O5/c1-2-3-14(17)11-4-6-12(7-5-11)20-10-13-8-9-15(21-13)16(18)19/h4-9H,2-3,10H2,1H3,(H,18,19). The summed E-state index contributed by atoms with van der Waals surface area (Å²) in [6, 6.07) is 9.81. The van der Waals surface area contributed by atoms with Crippen LogP contribution in [-0.4, -0.2) is 16.9 Å². The van der Waals surface area contributed by atoms with Crippen LogP contribution >= 0.6 is 0 Å². The Morgan fingerprint density at radius 1 is 1.14 bits per heavy atom. The Bertz CT molecular complexity index is 624. The largest absolute Gasteiger partial charge is 0.486 e. The average Bonchev–Trinajstić information content (AvgIpc) is 2.95. The van der Waals surface area contributed by atoms with Crippen LogP contribution < -0.4 is 4.74 Å². The van der Waals surface area contributed by atoms with Crippen molar-refractivity contribution in [1.82, 2.24) is 0 Å². The molecule has 0 aliphatic heterocycles. The van der Waals surface area contributed by atoms with Crippen molar-refractivity contribution in [3.8, 4) is 5.75 Å². The monoisotopic (exact) mass is 288 g/mol. The second-order valence-corrected chi connectivity index (χ2v) is 4.56. The van der Waals surface area contributed by atoms with E-state index in [0.717, 1.165) is 6.42 Å². The first kappa shape index (κ1) is 14.8. The van der Waals surface area contributed by atoms with Gasteiger partial charge in [0.15, 0.2) is 5.78 Å². The van der Waals surface area contributed by atoms with Gasteiger partial charge in [0.25, 0.3) is 0 Å². The summed E-state index contributed by atoms with van der Waals surface area (Å²) in [5.41, 5.74) is 0.662. The summed E-state index contributed by atoms with van der Waals surface area (Å²) in [6.45, 7) is 2.10. The number of ketones is 1. The molecule has 0 amide bonds. The molecule has 110 valence electrons. The molecule has 1 aromatic heterocycles. The average molecular weight is 288 g/mol. The predicted molar refractivity (Wildman–Crippen MR) is 75.7 cm³/mol. The number of rotatable bonds is 7. The smallest absolute Gasteiger partial charge is 0.371 e. The SMILES string of the molecule is CCCC(=O)c1ccc(OCc2ccc(C(=O)O)o2)cc1. The zero-order valence-corrected chi connectivity index (χ0v) is 11.7. The maximum atomic E-state index is 11.7. The molecule has 0 spiro atoms. The highest BCUT2D eigenvalue weighted by Gasteiger charge is 2.09. The Hall–Kier alpha value is -2.56. The summed E-state index contributed by atoms with van der Waals surface area (Å²) in [5, 5.41) is 8.74. The minimum atomic E-state index is -1.11. The maximum absolute atomic E-state index is 11.7. The predicted octanol–water partition coefficient (Wildman–Crippen LogP) is 3.54. The molecule has 0 saturated heterocycles. The first-order chi connectivity index (χ1) is 10.1. The normalized spacial score (nSPS) is 10.3. The minimum Gasteiger partial charge on any atom is -0.486 e. The van der Waals surface area contributed by atoms with Crippen LogP contribution in [0.3, 0.4) is 0 Å². The second kappa shape index (κ2) is 6.74. The van der Waals surface area contributed by atoms with Crippen molar-refractivity contribution >= 4 is 11.8 Å². The molecule has 1 heterocycles. The molecule has 5 nitrogen and oxygen atoms in total. The van der Waals surface area contributed by atoms with Gasteiger partial charge < -0.3 is 14.3 Å². The summed E-state index contributed by atoms with van der Waals surface area (Å²) in [6.07, 6.45) is 1.35. The Balaban J connectivity index is 1.94. The third-order valence-corrected chi connectivity index (χ3v) is 2.91. The van der Waals surface area contributed by atoms with Crippen molar-refractivity contribution in [3.05, 3.63) is 53.5 Å². The number of hydrogen-bond donors (Lipinski definition) is 1. The quantitative estimate of drug-likeness (QED) is 0.788. The van der Waals surface area contributed by atoms with Crippen LogP contribution in [0.25, 0.3) is 0 Å². The molecule has 1 aromatic carbocycles. The fraction of sp³-hybridized carbons (Fsp3) is 0.250. The molecule has 1 N–H and O–H groups in total. The van der Waals surface area contributed by atoms with E-state index in [1.807, 2.05) is 6.92 Å². The molecule has 5 heteroatoms. The molecule has 0 atom stereocenters. The lowest BCUT2D eigenvalue weighted by Gasteiger charge is -2.05. The van der Waals surface area contributed by atoms with Gasteiger partial charge >= 0.3 is 5.97 Å². The molecule has 2 rings (SSSR count). The van der Waals surface area contributed by atoms with Gasteiger partial charge in [-0.15, -0.1) is 0 Å². The van der Waals surface area contributed by atoms with Crippen LogP contribution in [0.15, 0.2) is 40.8 Å². The molecule has 2 aromatic rings. The summed E-state index contributed by atoms with van der Waals surface area (Å²) in [4.78, 5) is 22.4. The van der Waals surface area contributed by atoms with E-state index in [1.54, 1.807) is 30.3 Å². The van der Waals surface area contributed by atoms with Crippen LogP contribution in [0.5, 0.6) is 5.75 Å². The van der Waals surface area contributed by atoms with Gasteiger partial charge in [0.05, 0.1) is 0 Å². The number of benzene rings is 1. The molecule has 21 heavy (non-hydrogen) atoms. The van der Waals surface area contributed by atoms with Gasteiger partial charge in [0.1, 0.15) is 18.1 Å². The van der Waals surface area contributed by atoms with Crippen molar-refractivity contribution in [2.45, 2.75) is 26.4 Å². The van der Waals surface area contributed by atoms with Crippen LogP contribution in [0.2, 0.25) is 0 Å². The van der Waals surface area contributed by atoms with Crippen molar-refractivity contribution in [2.24, 2.45) is 0 Å². The van der Waals surface area contributed by atoms with Crippen LogP contribution in [0, 0.1) is 0 Å². The number of Topliss-reactive ketones (excluding diaryl/α,β-unsaturated/α-hetero) is 1. The number of carbonyl (C=O) groups is 2. The van der Waals surface area contributed by atoms with E-state index in [0.29, 0.717) is 23.5 Å². The Kier molecular flexibility index (Phi) is 4.77. The van der Waals surface area contributed by atoms with E-state index >= 15 is 0 Å². The van der Waals surface area contributed by atoms with Crippen molar-refractivity contribution < 1.29 is 23.8 Å². The molecule has 0 radical (unpaired) electrons. The lowest BCUT2D eigenvalue weighted by Crippen LogP contribution is -1.99. The summed E-state index contributed by atoms with van der Waals surface area (Å²) in [7, 11) is 0. The first-order valence-electron chi connectivity index (χ1n) is 6.68.